The van der Waals surface area contributed by atoms with Crippen molar-refractivity contribution < 1.29 is 14.4 Å². The van der Waals surface area contributed by atoms with Gasteiger partial charge in [0.1, 0.15) is 6.04 Å². The van der Waals surface area contributed by atoms with Gasteiger partial charge in [0.05, 0.1) is 0 Å². The topological polar surface area (TPSA) is 87.3 Å². The number of hydrogen-bond donors (Lipinski definition) is 3. The molecule has 2 aliphatic rings. The minimum atomic E-state index is -0.635. The lowest BCUT2D eigenvalue weighted by Crippen LogP contribution is -2.52. The normalized spacial score (nSPS) is 22.5. The van der Waals surface area contributed by atoms with Gasteiger partial charge in [-0.2, -0.15) is 0 Å². The summed E-state index contributed by atoms with van der Waals surface area (Å²) in [5, 5.41) is 8.27. The molecule has 1 aromatic rings. The second-order valence-electron chi connectivity index (χ2n) is 6.12. The van der Waals surface area contributed by atoms with E-state index in [4.69, 9.17) is 0 Å². The van der Waals surface area contributed by atoms with Crippen molar-refractivity contribution in [2.75, 3.05) is 13.1 Å². The van der Waals surface area contributed by atoms with Crippen LogP contribution < -0.4 is 16.0 Å². The Morgan fingerprint density at radius 1 is 1.04 bits per heavy atom. The average molecular weight is 315 g/mol. The molecule has 0 saturated carbocycles. The van der Waals surface area contributed by atoms with Gasteiger partial charge in [0.2, 0.25) is 11.8 Å². The van der Waals surface area contributed by atoms with E-state index in [1.807, 2.05) is 12.1 Å². The highest BCUT2D eigenvalue weighted by Gasteiger charge is 2.28. The van der Waals surface area contributed by atoms with Crippen LogP contribution in [0.25, 0.3) is 0 Å². The quantitative estimate of drug-likeness (QED) is 0.716. The third-order valence-corrected chi connectivity index (χ3v) is 4.53. The monoisotopic (exact) mass is 315 g/mol. The van der Waals surface area contributed by atoms with Gasteiger partial charge < -0.3 is 10.6 Å². The first-order chi connectivity index (χ1) is 11.1. The fourth-order valence-corrected chi connectivity index (χ4v) is 3.13. The first-order valence-electron chi connectivity index (χ1n) is 8.09. The Balaban J connectivity index is 1.61. The van der Waals surface area contributed by atoms with Crippen LogP contribution in [0.4, 0.5) is 0 Å². The van der Waals surface area contributed by atoms with Crippen molar-refractivity contribution in [3.05, 3.63) is 35.4 Å². The largest absolute Gasteiger partial charge is 0.340 e. The van der Waals surface area contributed by atoms with Gasteiger partial charge in [0.15, 0.2) is 0 Å². The Labute approximate surface area is 135 Å². The molecule has 1 unspecified atom stereocenters. The number of carbonyl (C=O) groups is 3. The summed E-state index contributed by atoms with van der Waals surface area (Å²) in [6, 6.07) is 6.96. The molecular formula is C17H21N3O3. The van der Waals surface area contributed by atoms with Crippen molar-refractivity contribution >= 4 is 17.7 Å². The van der Waals surface area contributed by atoms with Crippen LogP contribution in [-0.2, 0) is 9.59 Å². The fraction of sp³-hybridized carbons (Fsp3) is 0.471. The predicted octanol–water partition coefficient (Wildman–Crippen LogP) is 0.689. The molecule has 2 saturated heterocycles. The lowest BCUT2D eigenvalue weighted by Gasteiger charge is -2.23. The Morgan fingerprint density at radius 3 is 2.39 bits per heavy atom. The van der Waals surface area contributed by atoms with Crippen molar-refractivity contribution in [3.63, 3.8) is 0 Å². The highest BCUT2D eigenvalue weighted by molar-refractivity contribution is 6.03. The minimum absolute atomic E-state index is 0.255. The summed E-state index contributed by atoms with van der Waals surface area (Å²) in [4.78, 5) is 35.0. The summed E-state index contributed by atoms with van der Waals surface area (Å²) in [6.07, 6.45) is 2.83. The molecule has 122 valence electrons. The number of amides is 3. The molecule has 0 aliphatic carbocycles. The van der Waals surface area contributed by atoms with Crippen LogP contribution in [-0.4, -0.2) is 36.9 Å². The van der Waals surface area contributed by atoms with E-state index < -0.39 is 11.9 Å². The molecule has 2 aliphatic heterocycles. The Bertz CT molecular complexity index is 606. The second kappa shape index (κ2) is 6.91. The van der Waals surface area contributed by atoms with Gasteiger partial charge in [-0.1, -0.05) is 12.1 Å². The first kappa shape index (κ1) is 15.7. The standard InChI is InChI=1S/C17H21N3O3/c21-15-6-5-14(17(23)20-15)19-16(22)13-3-1-11(2-4-13)12-7-9-18-10-8-12/h1-4,12,14,18H,5-10H2,(H,19,22)(H,20,21,23). The molecular weight excluding hydrogens is 294 g/mol. The van der Waals surface area contributed by atoms with Gasteiger partial charge in [-0.25, -0.2) is 0 Å². The Hall–Kier alpha value is -2.21. The van der Waals surface area contributed by atoms with E-state index in [2.05, 4.69) is 16.0 Å². The molecule has 6 heteroatoms. The molecule has 0 bridgehead atoms. The number of nitrogens with one attached hydrogen (secondary N) is 3. The molecule has 0 radical (unpaired) electrons. The van der Waals surface area contributed by atoms with E-state index in [9.17, 15) is 14.4 Å². The van der Waals surface area contributed by atoms with Crippen LogP contribution in [0.3, 0.4) is 0 Å². The SMILES string of the molecule is O=C1CCC(NC(=O)c2ccc(C3CCNCC3)cc2)C(=O)N1. The number of hydrogen-bond acceptors (Lipinski definition) is 4. The summed E-state index contributed by atoms with van der Waals surface area (Å²) >= 11 is 0. The Morgan fingerprint density at radius 2 is 1.74 bits per heavy atom. The third-order valence-electron chi connectivity index (χ3n) is 4.53. The van der Waals surface area contributed by atoms with Crippen LogP contribution in [0, 0.1) is 0 Å². The predicted molar refractivity (Wildman–Crippen MR) is 84.9 cm³/mol. The van der Waals surface area contributed by atoms with Crippen molar-refractivity contribution in [3.8, 4) is 0 Å². The number of benzene rings is 1. The highest BCUT2D eigenvalue weighted by atomic mass is 16.2. The fourth-order valence-electron chi connectivity index (χ4n) is 3.13. The third kappa shape index (κ3) is 3.76. The van der Waals surface area contributed by atoms with Crippen LogP contribution >= 0.6 is 0 Å². The van der Waals surface area contributed by atoms with E-state index in [0.717, 1.165) is 25.9 Å². The van der Waals surface area contributed by atoms with Gasteiger partial charge in [0, 0.05) is 12.0 Å². The number of imide groups is 1. The van der Waals surface area contributed by atoms with Crippen molar-refractivity contribution in [2.45, 2.75) is 37.6 Å². The summed E-state index contributed by atoms with van der Waals surface area (Å²) in [5.74, 6) is -0.451. The zero-order valence-corrected chi connectivity index (χ0v) is 12.9. The molecule has 3 rings (SSSR count). The molecule has 2 heterocycles. The second-order valence-corrected chi connectivity index (χ2v) is 6.12. The van der Waals surface area contributed by atoms with Gasteiger partial charge in [-0.15, -0.1) is 0 Å². The number of rotatable bonds is 3. The molecule has 2 fully saturated rings. The average Bonchev–Trinajstić information content (AvgIpc) is 2.58. The maximum absolute atomic E-state index is 12.2. The van der Waals surface area contributed by atoms with Crippen molar-refractivity contribution in [2.24, 2.45) is 0 Å². The summed E-state index contributed by atoms with van der Waals surface area (Å²) in [5.41, 5.74) is 1.79. The first-order valence-corrected chi connectivity index (χ1v) is 8.09. The summed E-state index contributed by atoms with van der Waals surface area (Å²) in [6.45, 7) is 2.06. The van der Waals surface area contributed by atoms with Crippen molar-refractivity contribution in [1.29, 1.82) is 0 Å². The molecule has 1 aromatic carbocycles. The zero-order valence-electron chi connectivity index (χ0n) is 12.9. The van der Waals surface area contributed by atoms with Gasteiger partial charge in [-0.05, 0) is 56.0 Å². The number of piperidine rings is 2. The van der Waals surface area contributed by atoms with Crippen LogP contribution in [0.2, 0.25) is 0 Å². The smallest absolute Gasteiger partial charge is 0.251 e. The van der Waals surface area contributed by atoms with E-state index in [1.54, 1.807) is 12.1 Å². The summed E-state index contributed by atoms with van der Waals surface area (Å²) < 4.78 is 0. The van der Waals surface area contributed by atoms with E-state index in [0.29, 0.717) is 17.9 Å². The molecule has 1 atom stereocenters. The maximum atomic E-state index is 12.2. The Kier molecular flexibility index (Phi) is 4.71. The van der Waals surface area contributed by atoms with E-state index in [1.165, 1.54) is 5.56 Å². The highest BCUT2D eigenvalue weighted by Crippen LogP contribution is 2.25. The summed E-state index contributed by atoms with van der Waals surface area (Å²) in [7, 11) is 0. The van der Waals surface area contributed by atoms with Gasteiger partial charge in [-0.3, -0.25) is 19.7 Å². The van der Waals surface area contributed by atoms with Crippen LogP contribution in [0.5, 0.6) is 0 Å². The van der Waals surface area contributed by atoms with Crippen LogP contribution in [0.1, 0.15) is 47.5 Å². The molecule has 23 heavy (non-hydrogen) atoms. The lowest BCUT2D eigenvalue weighted by atomic mass is 9.90. The molecule has 3 amide bonds. The molecule has 0 spiro atoms. The minimum Gasteiger partial charge on any atom is -0.340 e. The van der Waals surface area contributed by atoms with Crippen molar-refractivity contribution in [1.82, 2.24) is 16.0 Å². The van der Waals surface area contributed by atoms with E-state index in [-0.39, 0.29) is 18.2 Å². The molecule has 0 aromatic heterocycles. The zero-order chi connectivity index (χ0) is 16.2. The maximum Gasteiger partial charge on any atom is 0.251 e. The number of carbonyl (C=O) groups excluding carboxylic acids is 3. The lowest BCUT2D eigenvalue weighted by molar-refractivity contribution is -0.134. The molecule has 3 N–H and O–H groups in total. The van der Waals surface area contributed by atoms with E-state index >= 15 is 0 Å². The molecule has 6 nitrogen and oxygen atoms in total. The van der Waals surface area contributed by atoms with Crippen LogP contribution in [0.15, 0.2) is 24.3 Å². The van der Waals surface area contributed by atoms with Gasteiger partial charge >= 0.3 is 0 Å². The van der Waals surface area contributed by atoms with Gasteiger partial charge in [0.25, 0.3) is 5.91 Å².